The highest BCUT2D eigenvalue weighted by Crippen LogP contribution is 2.40. The van der Waals surface area contributed by atoms with Crippen molar-refractivity contribution in [1.29, 1.82) is 0 Å². The van der Waals surface area contributed by atoms with Crippen molar-refractivity contribution < 1.29 is 9.90 Å². The Morgan fingerprint density at radius 1 is 0.933 bits per heavy atom. The lowest BCUT2D eigenvalue weighted by Gasteiger charge is -2.38. The summed E-state index contributed by atoms with van der Waals surface area (Å²) < 4.78 is 0. The molecule has 0 atom stereocenters. The first-order valence-electron chi connectivity index (χ1n) is 9.77. The van der Waals surface area contributed by atoms with Crippen molar-refractivity contribution in [2.45, 2.75) is 38.7 Å². The molecule has 1 amide bonds. The average Bonchev–Trinajstić information content (AvgIpc) is 2.82. The number of hydrogen-bond acceptors (Lipinski definition) is 6. The number of amides is 1. The SMILES string of the molecule is CC(C)(O)C(C)(C)c1ccc2c(c1)NC(=O)c1ccc(Nc3ccncn3)cc1N2. The minimum Gasteiger partial charge on any atom is -0.390 e. The molecule has 0 spiro atoms. The summed E-state index contributed by atoms with van der Waals surface area (Å²) in [5, 5.41) is 20.1. The summed E-state index contributed by atoms with van der Waals surface area (Å²) >= 11 is 0. The molecule has 1 aromatic heterocycles. The van der Waals surface area contributed by atoms with Crippen molar-refractivity contribution in [2.24, 2.45) is 0 Å². The van der Waals surface area contributed by atoms with Crippen LogP contribution in [0.15, 0.2) is 55.0 Å². The Labute approximate surface area is 175 Å². The zero-order valence-corrected chi connectivity index (χ0v) is 17.4. The van der Waals surface area contributed by atoms with Gasteiger partial charge in [-0.3, -0.25) is 4.79 Å². The van der Waals surface area contributed by atoms with Crippen LogP contribution in [0.25, 0.3) is 0 Å². The van der Waals surface area contributed by atoms with Crippen LogP contribution >= 0.6 is 0 Å². The van der Waals surface area contributed by atoms with E-state index < -0.39 is 11.0 Å². The van der Waals surface area contributed by atoms with Gasteiger partial charge in [-0.25, -0.2) is 9.97 Å². The van der Waals surface area contributed by atoms with Gasteiger partial charge >= 0.3 is 0 Å². The van der Waals surface area contributed by atoms with E-state index in [0.717, 1.165) is 16.9 Å². The largest absolute Gasteiger partial charge is 0.390 e. The third kappa shape index (κ3) is 3.59. The minimum absolute atomic E-state index is 0.192. The monoisotopic (exact) mass is 403 g/mol. The quantitative estimate of drug-likeness (QED) is 0.509. The number of carbonyl (C=O) groups is 1. The molecule has 0 unspecified atom stereocenters. The number of nitrogens with zero attached hydrogens (tertiary/aromatic N) is 2. The molecule has 1 aliphatic heterocycles. The molecule has 2 heterocycles. The van der Waals surface area contributed by atoms with Gasteiger partial charge in [0.1, 0.15) is 12.1 Å². The molecule has 30 heavy (non-hydrogen) atoms. The molecule has 154 valence electrons. The summed E-state index contributed by atoms with van der Waals surface area (Å²) in [5.41, 5.74) is 3.02. The third-order valence-electron chi connectivity index (χ3n) is 5.91. The van der Waals surface area contributed by atoms with E-state index in [1.54, 1.807) is 32.2 Å². The molecular formula is C23H25N5O2. The highest BCUT2D eigenvalue weighted by Gasteiger charge is 2.37. The smallest absolute Gasteiger partial charge is 0.257 e. The molecule has 7 nitrogen and oxygen atoms in total. The van der Waals surface area contributed by atoms with E-state index >= 15 is 0 Å². The van der Waals surface area contributed by atoms with Gasteiger partial charge in [0.15, 0.2) is 0 Å². The normalized spacial score (nSPS) is 13.4. The Hall–Kier alpha value is -3.45. The first-order valence-corrected chi connectivity index (χ1v) is 9.77. The van der Waals surface area contributed by atoms with E-state index in [4.69, 9.17) is 0 Å². The second-order valence-corrected chi connectivity index (χ2v) is 8.50. The lowest BCUT2D eigenvalue weighted by atomic mass is 9.72. The molecular weight excluding hydrogens is 378 g/mol. The van der Waals surface area contributed by atoms with Crippen molar-refractivity contribution >= 4 is 34.5 Å². The van der Waals surface area contributed by atoms with Gasteiger partial charge in [-0.2, -0.15) is 0 Å². The van der Waals surface area contributed by atoms with Crippen LogP contribution in [0.3, 0.4) is 0 Å². The molecule has 0 saturated heterocycles. The maximum Gasteiger partial charge on any atom is 0.257 e. The highest BCUT2D eigenvalue weighted by molar-refractivity contribution is 6.12. The average molecular weight is 403 g/mol. The van der Waals surface area contributed by atoms with Gasteiger partial charge < -0.3 is 21.1 Å². The molecule has 2 aromatic carbocycles. The van der Waals surface area contributed by atoms with Crippen LogP contribution in [0.2, 0.25) is 0 Å². The van der Waals surface area contributed by atoms with Gasteiger partial charge in [0.2, 0.25) is 0 Å². The summed E-state index contributed by atoms with van der Waals surface area (Å²) in [5.74, 6) is 0.477. The predicted octanol–water partition coefficient (Wildman–Crippen LogP) is 4.58. The van der Waals surface area contributed by atoms with E-state index in [-0.39, 0.29) is 5.91 Å². The van der Waals surface area contributed by atoms with Crippen molar-refractivity contribution in [1.82, 2.24) is 9.97 Å². The van der Waals surface area contributed by atoms with E-state index in [0.29, 0.717) is 22.8 Å². The molecule has 0 radical (unpaired) electrons. The molecule has 3 aromatic rings. The number of nitrogens with one attached hydrogen (secondary N) is 3. The van der Waals surface area contributed by atoms with Crippen molar-refractivity contribution in [3.8, 4) is 0 Å². The Bertz CT molecular complexity index is 1100. The second kappa shape index (κ2) is 7.11. The van der Waals surface area contributed by atoms with Crippen LogP contribution < -0.4 is 16.0 Å². The lowest BCUT2D eigenvalue weighted by molar-refractivity contribution is 0.00967. The predicted molar refractivity (Wildman–Crippen MR) is 119 cm³/mol. The van der Waals surface area contributed by atoms with Crippen LogP contribution in [0, 0.1) is 0 Å². The number of aliphatic hydroxyl groups is 1. The zero-order chi connectivity index (χ0) is 21.5. The number of benzene rings is 2. The topological polar surface area (TPSA) is 99.2 Å². The van der Waals surface area contributed by atoms with Crippen LogP contribution in [-0.4, -0.2) is 26.6 Å². The first-order chi connectivity index (χ1) is 14.1. The Kier molecular flexibility index (Phi) is 4.70. The van der Waals surface area contributed by atoms with Gasteiger partial charge in [0.05, 0.1) is 28.2 Å². The van der Waals surface area contributed by atoms with Crippen molar-refractivity contribution in [3.05, 3.63) is 66.1 Å². The molecule has 1 aliphatic rings. The van der Waals surface area contributed by atoms with E-state index in [1.165, 1.54) is 6.33 Å². The summed E-state index contributed by atoms with van der Waals surface area (Å²) in [6.07, 6.45) is 3.13. The van der Waals surface area contributed by atoms with Crippen LogP contribution in [-0.2, 0) is 5.41 Å². The van der Waals surface area contributed by atoms with E-state index in [1.807, 2.05) is 44.2 Å². The molecule has 4 N–H and O–H groups in total. The maximum absolute atomic E-state index is 12.9. The number of hydrogen-bond donors (Lipinski definition) is 4. The Morgan fingerprint density at radius 2 is 1.73 bits per heavy atom. The van der Waals surface area contributed by atoms with Gasteiger partial charge in [-0.15, -0.1) is 0 Å². The molecule has 7 heteroatoms. The van der Waals surface area contributed by atoms with Crippen LogP contribution in [0.1, 0.15) is 43.6 Å². The first kappa shape index (κ1) is 19.8. The summed E-state index contributed by atoms with van der Waals surface area (Å²) in [6, 6.07) is 13.1. The summed E-state index contributed by atoms with van der Waals surface area (Å²) in [4.78, 5) is 20.9. The summed E-state index contributed by atoms with van der Waals surface area (Å²) in [6.45, 7) is 7.55. The molecule has 0 bridgehead atoms. The standard InChI is InChI=1S/C23H25N5O2/c1-22(2,23(3,4)30)14-5-8-17-19(11-14)28-21(29)16-7-6-15(12-18(16)27-17)26-20-9-10-24-13-25-20/h5-13,27,30H,1-4H3,(H,28,29)(H,24,25,26). The lowest BCUT2D eigenvalue weighted by Crippen LogP contribution is -2.42. The molecule has 0 aliphatic carbocycles. The van der Waals surface area contributed by atoms with Gasteiger partial charge in [0, 0.05) is 17.3 Å². The zero-order valence-electron chi connectivity index (χ0n) is 17.4. The fourth-order valence-electron chi connectivity index (χ4n) is 3.27. The third-order valence-corrected chi connectivity index (χ3v) is 5.91. The van der Waals surface area contributed by atoms with Crippen LogP contribution in [0.4, 0.5) is 28.6 Å². The number of aromatic nitrogens is 2. The highest BCUT2D eigenvalue weighted by atomic mass is 16.3. The van der Waals surface area contributed by atoms with Crippen LogP contribution in [0.5, 0.6) is 0 Å². The Balaban J connectivity index is 1.68. The number of rotatable bonds is 4. The number of carbonyl (C=O) groups excluding carboxylic acids is 1. The number of anilines is 5. The van der Waals surface area contributed by atoms with Crippen molar-refractivity contribution in [2.75, 3.05) is 16.0 Å². The van der Waals surface area contributed by atoms with Gasteiger partial charge in [0.25, 0.3) is 5.91 Å². The van der Waals surface area contributed by atoms with Gasteiger partial charge in [-0.1, -0.05) is 19.9 Å². The van der Waals surface area contributed by atoms with E-state index in [9.17, 15) is 9.90 Å². The van der Waals surface area contributed by atoms with E-state index in [2.05, 4.69) is 25.9 Å². The fraction of sp³-hybridized carbons (Fsp3) is 0.261. The maximum atomic E-state index is 12.9. The van der Waals surface area contributed by atoms with Gasteiger partial charge in [-0.05, 0) is 55.8 Å². The molecule has 0 saturated carbocycles. The van der Waals surface area contributed by atoms with Crippen molar-refractivity contribution in [3.63, 3.8) is 0 Å². The summed E-state index contributed by atoms with van der Waals surface area (Å²) in [7, 11) is 0. The second-order valence-electron chi connectivity index (χ2n) is 8.50. The minimum atomic E-state index is -0.923. The Morgan fingerprint density at radius 3 is 2.43 bits per heavy atom. The molecule has 0 fully saturated rings. The fourth-order valence-corrected chi connectivity index (χ4v) is 3.27. The number of fused-ring (bicyclic) bond motifs is 2. The molecule has 4 rings (SSSR count).